The van der Waals surface area contributed by atoms with Gasteiger partial charge in [0.1, 0.15) is 5.69 Å². The van der Waals surface area contributed by atoms with Crippen LogP contribution in [-0.4, -0.2) is 29.0 Å². The highest BCUT2D eigenvalue weighted by Gasteiger charge is 2.22. The third kappa shape index (κ3) is 2.27. The number of hydrogen-bond acceptors (Lipinski definition) is 4. The summed E-state index contributed by atoms with van der Waals surface area (Å²) < 4.78 is 0. The SMILES string of the molecule is O=C(c1c[nH]c(=O)cn1)N1CCCNc2ccccc21. The maximum absolute atomic E-state index is 12.5. The Morgan fingerprint density at radius 2 is 2.15 bits per heavy atom. The molecule has 1 amide bonds. The van der Waals surface area contributed by atoms with E-state index in [9.17, 15) is 9.59 Å². The topological polar surface area (TPSA) is 78.1 Å². The van der Waals surface area contributed by atoms with Gasteiger partial charge in [0.2, 0.25) is 0 Å². The zero-order valence-corrected chi connectivity index (χ0v) is 10.8. The lowest BCUT2D eigenvalue weighted by Crippen LogP contribution is -2.32. The molecule has 102 valence electrons. The second-order valence-electron chi connectivity index (χ2n) is 4.55. The highest BCUT2D eigenvalue weighted by atomic mass is 16.2. The third-order valence-electron chi connectivity index (χ3n) is 3.21. The average molecular weight is 270 g/mol. The minimum absolute atomic E-state index is 0.211. The predicted octanol–water partition coefficient (Wildman–Crippen LogP) is 1.23. The summed E-state index contributed by atoms with van der Waals surface area (Å²) in [4.78, 5) is 31.6. The summed E-state index contributed by atoms with van der Waals surface area (Å²) >= 11 is 0. The van der Waals surface area contributed by atoms with Crippen LogP contribution in [0.4, 0.5) is 11.4 Å². The molecule has 1 aromatic heterocycles. The molecule has 2 aromatic rings. The second kappa shape index (κ2) is 5.16. The Labute approximate surface area is 115 Å². The van der Waals surface area contributed by atoms with E-state index in [1.807, 2.05) is 24.3 Å². The average Bonchev–Trinajstić information content (AvgIpc) is 2.69. The van der Waals surface area contributed by atoms with Crippen molar-refractivity contribution in [3.8, 4) is 0 Å². The molecule has 0 saturated heterocycles. The molecule has 0 fully saturated rings. The predicted molar refractivity (Wildman–Crippen MR) is 76.1 cm³/mol. The second-order valence-corrected chi connectivity index (χ2v) is 4.55. The Balaban J connectivity index is 1.99. The summed E-state index contributed by atoms with van der Waals surface area (Å²) in [6.45, 7) is 1.43. The first-order valence-corrected chi connectivity index (χ1v) is 6.45. The highest BCUT2D eigenvalue weighted by molar-refractivity contribution is 6.06. The molecule has 0 radical (unpaired) electrons. The first-order chi connectivity index (χ1) is 9.75. The molecule has 2 N–H and O–H groups in total. The van der Waals surface area contributed by atoms with Gasteiger partial charge in [0.05, 0.1) is 17.6 Å². The molecule has 0 bridgehead atoms. The number of fused-ring (bicyclic) bond motifs is 1. The van der Waals surface area contributed by atoms with Crippen LogP contribution in [-0.2, 0) is 0 Å². The van der Waals surface area contributed by atoms with Crippen molar-refractivity contribution in [2.75, 3.05) is 23.3 Å². The van der Waals surface area contributed by atoms with Crippen molar-refractivity contribution in [1.29, 1.82) is 0 Å². The van der Waals surface area contributed by atoms with Crippen molar-refractivity contribution in [2.45, 2.75) is 6.42 Å². The molecule has 1 aliphatic heterocycles. The number of para-hydroxylation sites is 2. The standard InChI is InChI=1S/C14H14N4O2/c19-13-9-16-11(8-17-13)14(20)18-7-3-6-15-10-4-1-2-5-12(10)18/h1-2,4-5,8-9,15H,3,6-7H2,(H,17,19). The zero-order chi connectivity index (χ0) is 13.9. The van der Waals surface area contributed by atoms with Gasteiger partial charge in [0.25, 0.3) is 11.5 Å². The van der Waals surface area contributed by atoms with E-state index >= 15 is 0 Å². The molecule has 3 rings (SSSR count). The van der Waals surface area contributed by atoms with Crippen molar-refractivity contribution in [1.82, 2.24) is 9.97 Å². The van der Waals surface area contributed by atoms with Crippen molar-refractivity contribution >= 4 is 17.3 Å². The van der Waals surface area contributed by atoms with Gasteiger partial charge in [-0.2, -0.15) is 0 Å². The van der Waals surface area contributed by atoms with E-state index in [2.05, 4.69) is 15.3 Å². The van der Waals surface area contributed by atoms with Crippen LogP contribution in [0.25, 0.3) is 0 Å². The van der Waals surface area contributed by atoms with Gasteiger partial charge < -0.3 is 15.2 Å². The van der Waals surface area contributed by atoms with E-state index in [1.54, 1.807) is 4.90 Å². The van der Waals surface area contributed by atoms with Crippen molar-refractivity contribution in [2.24, 2.45) is 0 Å². The Morgan fingerprint density at radius 1 is 1.30 bits per heavy atom. The van der Waals surface area contributed by atoms with E-state index in [0.29, 0.717) is 6.54 Å². The molecular weight excluding hydrogens is 256 g/mol. The largest absolute Gasteiger partial charge is 0.383 e. The summed E-state index contributed by atoms with van der Waals surface area (Å²) in [6, 6.07) is 7.67. The first kappa shape index (κ1) is 12.4. The van der Waals surface area contributed by atoms with E-state index in [4.69, 9.17) is 0 Å². The summed E-state index contributed by atoms with van der Waals surface area (Å²) in [7, 11) is 0. The maximum Gasteiger partial charge on any atom is 0.278 e. The molecule has 6 nitrogen and oxygen atoms in total. The van der Waals surface area contributed by atoms with E-state index < -0.39 is 0 Å². The number of nitrogens with one attached hydrogen (secondary N) is 2. The molecular formula is C14H14N4O2. The van der Waals surface area contributed by atoms with Crippen LogP contribution < -0.4 is 15.8 Å². The first-order valence-electron chi connectivity index (χ1n) is 6.45. The number of benzene rings is 1. The van der Waals surface area contributed by atoms with Gasteiger partial charge in [-0.3, -0.25) is 9.59 Å². The molecule has 0 atom stereocenters. The molecule has 0 spiro atoms. The minimum Gasteiger partial charge on any atom is -0.383 e. The number of rotatable bonds is 1. The number of carbonyl (C=O) groups excluding carboxylic acids is 1. The van der Waals surface area contributed by atoms with Crippen LogP contribution in [0.15, 0.2) is 41.5 Å². The normalized spacial score (nSPS) is 14.1. The number of aromatic amines is 1. The van der Waals surface area contributed by atoms with Gasteiger partial charge in [0.15, 0.2) is 0 Å². The lowest BCUT2D eigenvalue weighted by molar-refractivity contribution is 0.0982. The monoisotopic (exact) mass is 270 g/mol. The number of carbonyl (C=O) groups is 1. The van der Waals surface area contributed by atoms with Crippen LogP contribution >= 0.6 is 0 Å². The third-order valence-corrected chi connectivity index (χ3v) is 3.21. The number of H-pyrrole nitrogens is 1. The fourth-order valence-electron chi connectivity index (χ4n) is 2.25. The summed E-state index contributed by atoms with van der Waals surface area (Å²) in [5.74, 6) is -0.211. The van der Waals surface area contributed by atoms with Gasteiger partial charge >= 0.3 is 0 Å². The molecule has 20 heavy (non-hydrogen) atoms. The van der Waals surface area contributed by atoms with Crippen LogP contribution in [0.1, 0.15) is 16.9 Å². The smallest absolute Gasteiger partial charge is 0.278 e. The Kier molecular flexibility index (Phi) is 3.20. The van der Waals surface area contributed by atoms with Crippen molar-refractivity contribution < 1.29 is 4.79 Å². The highest BCUT2D eigenvalue weighted by Crippen LogP contribution is 2.28. The van der Waals surface area contributed by atoms with Crippen LogP contribution in [0.3, 0.4) is 0 Å². The van der Waals surface area contributed by atoms with E-state index in [-0.39, 0.29) is 17.2 Å². The molecule has 0 saturated carbocycles. The van der Waals surface area contributed by atoms with Gasteiger partial charge in [-0.05, 0) is 18.6 Å². The zero-order valence-electron chi connectivity index (χ0n) is 10.8. The van der Waals surface area contributed by atoms with E-state index in [0.717, 1.165) is 30.5 Å². The number of anilines is 2. The molecule has 0 unspecified atom stereocenters. The Morgan fingerprint density at radius 3 is 2.95 bits per heavy atom. The lowest BCUT2D eigenvalue weighted by Gasteiger charge is -2.21. The lowest BCUT2D eigenvalue weighted by atomic mass is 10.2. The van der Waals surface area contributed by atoms with Crippen molar-refractivity contribution in [3.05, 3.63) is 52.7 Å². The minimum atomic E-state index is -0.320. The number of aromatic nitrogens is 2. The van der Waals surface area contributed by atoms with E-state index in [1.165, 1.54) is 6.20 Å². The van der Waals surface area contributed by atoms with Gasteiger partial charge in [-0.25, -0.2) is 4.98 Å². The summed E-state index contributed by atoms with van der Waals surface area (Å²) in [5.41, 5.74) is 1.69. The van der Waals surface area contributed by atoms with Gasteiger partial charge in [-0.1, -0.05) is 12.1 Å². The number of amides is 1. The van der Waals surface area contributed by atoms with Crippen LogP contribution in [0.5, 0.6) is 0 Å². The number of nitrogens with zero attached hydrogens (tertiary/aromatic N) is 2. The van der Waals surface area contributed by atoms with Crippen LogP contribution in [0, 0.1) is 0 Å². The molecule has 1 aliphatic rings. The Hall–Kier alpha value is -2.63. The molecule has 1 aromatic carbocycles. The number of hydrogen-bond donors (Lipinski definition) is 2. The summed E-state index contributed by atoms with van der Waals surface area (Å²) in [6.07, 6.45) is 3.32. The van der Waals surface area contributed by atoms with Crippen LogP contribution in [0.2, 0.25) is 0 Å². The van der Waals surface area contributed by atoms with Gasteiger partial charge in [0, 0.05) is 19.3 Å². The molecule has 2 heterocycles. The summed E-state index contributed by atoms with van der Waals surface area (Å²) in [5, 5.41) is 3.30. The fraction of sp³-hybridized carbons (Fsp3) is 0.214. The fourth-order valence-corrected chi connectivity index (χ4v) is 2.25. The quantitative estimate of drug-likeness (QED) is 0.817. The van der Waals surface area contributed by atoms with Crippen molar-refractivity contribution in [3.63, 3.8) is 0 Å². The van der Waals surface area contributed by atoms with Gasteiger partial charge in [-0.15, -0.1) is 0 Å². The Bertz CT molecular complexity index is 675. The maximum atomic E-state index is 12.5. The molecule has 0 aliphatic carbocycles. The molecule has 6 heteroatoms.